The molecule has 2 aromatic carbocycles. The van der Waals surface area contributed by atoms with Crippen molar-refractivity contribution in [2.75, 3.05) is 0 Å². The lowest BCUT2D eigenvalue weighted by Gasteiger charge is -2.44. The van der Waals surface area contributed by atoms with Crippen molar-refractivity contribution >= 4 is 21.7 Å². The normalized spacial score (nSPS) is 20.8. The van der Waals surface area contributed by atoms with Gasteiger partial charge in [-0.1, -0.05) is 71.9 Å². The molecule has 0 N–H and O–H groups in total. The molecule has 0 atom stereocenters. The number of fused-ring (bicyclic) bond motifs is 5. The Balaban J connectivity index is 2.20. The third-order valence-electron chi connectivity index (χ3n) is 7.19. The molecule has 0 saturated heterocycles. The molecule has 118 valence electrons. The van der Waals surface area contributed by atoms with Gasteiger partial charge in [0.05, 0.1) is 5.52 Å². The lowest BCUT2D eigenvalue weighted by Crippen LogP contribution is -2.42. The van der Waals surface area contributed by atoms with Crippen LogP contribution in [0.1, 0.15) is 52.7 Å². The van der Waals surface area contributed by atoms with Gasteiger partial charge in [0.15, 0.2) is 0 Å². The van der Waals surface area contributed by atoms with Crippen molar-refractivity contribution in [3.63, 3.8) is 0 Å². The standard InChI is InChI=1S/C22H25N/c1-20(2)17-12-11-16-15(18(17)21(3,4)22(20,5)6)10-9-14-8-7-13-23-19(14)16/h7-13H,1-6H3. The molecule has 1 aliphatic carbocycles. The van der Waals surface area contributed by atoms with Crippen LogP contribution in [0.3, 0.4) is 0 Å². The number of aromatic nitrogens is 1. The quantitative estimate of drug-likeness (QED) is 0.465. The summed E-state index contributed by atoms with van der Waals surface area (Å²) in [5, 5.41) is 3.87. The molecule has 0 bridgehead atoms. The van der Waals surface area contributed by atoms with Crippen LogP contribution in [0.15, 0.2) is 42.6 Å². The summed E-state index contributed by atoms with van der Waals surface area (Å²) >= 11 is 0. The molecule has 1 heteroatoms. The average molecular weight is 303 g/mol. The first-order valence-corrected chi connectivity index (χ1v) is 8.51. The predicted octanol–water partition coefficient (Wildman–Crippen LogP) is 5.98. The van der Waals surface area contributed by atoms with E-state index < -0.39 is 0 Å². The summed E-state index contributed by atoms with van der Waals surface area (Å²) in [5.74, 6) is 0. The monoisotopic (exact) mass is 303 g/mol. The highest BCUT2D eigenvalue weighted by atomic mass is 14.7. The van der Waals surface area contributed by atoms with Crippen molar-refractivity contribution in [1.29, 1.82) is 0 Å². The van der Waals surface area contributed by atoms with Crippen molar-refractivity contribution in [3.05, 3.63) is 53.7 Å². The molecular formula is C22H25N. The Labute approximate surface area is 138 Å². The maximum atomic E-state index is 4.66. The fourth-order valence-corrected chi connectivity index (χ4v) is 4.57. The Bertz CT molecular complexity index is 945. The van der Waals surface area contributed by atoms with Gasteiger partial charge in [-0.05, 0) is 38.8 Å². The number of hydrogen-bond acceptors (Lipinski definition) is 1. The second-order valence-corrected chi connectivity index (χ2v) is 8.60. The van der Waals surface area contributed by atoms with E-state index >= 15 is 0 Å². The van der Waals surface area contributed by atoms with E-state index in [4.69, 9.17) is 0 Å². The van der Waals surface area contributed by atoms with Crippen LogP contribution in [0.2, 0.25) is 0 Å². The van der Waals surface area contributed by atoms with Crippen LogP contribution in [0.25, 0.3) is 21.7 Å². The van der Waals surface area contributed by atoms with Crippen LogP contribution in [-0.2, 0) is 10.8 Å². The summed E-state index contributed by atoms with van der Waals surface area (Å²) in [6.07, 6.45) is 1.90. The zero-order valence-corrected chi connectivity index (χ0v) is 15.0. The fourth-order valence-electron chi connectivity index (χ4n) is 4.57. The molecule has 0 aliphatic heterocycles. The Morgan fingerprint density at radius 1 is 0.739 bits per heavy atom. The molecule has 0 unspecified atom stereocenters. The fraction of sp³-hybridized carbons (Fsp3) is 0.409. The number of pyridine rings is 1. The second-order valence-electron chi connectivity index (χ2n) is 8.60. The molecule has 3 aromatic rings. The van der Waals surface area contributed by atoms with Crippen LogP contribution in [0.4, 0.5) is 0 Å². The molecule has 0 fully saturated rings. The summed E-state index contributed by atoms with van der Waals surface area (Å²) in [7, 11) is 0. The Morgan fingerprint density at radius 2 is 1.43 bits per heavy atom. The zero-order chi connectivity index (χ0) is 16.6. The van der Waals surface area contributed by atoms with E-state index in [1.165, 1.54) is 27.3 Å². The summed E-state index contributed by atoms with van der Waals surface area (Å²) in [6.45, 7) is 14.4. The van der Waals surface area contributed by atoms with Crippen LogP contribution in [0.5, 0.6) is 0 Å². The smallest absolute Gasteiger partial charge is 0.0780 e. The van der Waals surface area contributed by atoms with Crippen LogP contribution in [0, 0.1) is 5.41 Å². The topological polar surface area (TPSA) is 12.9 Å². The van der Waals surface area contributed by atoms with Gasteiger partial charge >= 0.3 is 0 Å². The van der Waals surface area contributed by atoms with Gasteiger partial charge in [0.1, 0.15) is 0 Å². The lowest BCUT2D eigenvalue weighted by molar-refractivity contribution is 0.125. The summed E-state index contributed by atoms with van der Waals surface area (Å²) in [6, 6.07) is 13.3. The van der Waals surface area contributed by atoms with Crippen LogP contribution < -0.4 is 0 Å². The number of rotatable bonds is 0. The third kappa shape index (κ3) is 1.56. The van der Waals surface area contributed by atoms with E-state index in [1.54, 1.807) is 0 Å². The highest BCUT2D eigenvalue weighted by Gasteiger charge is 2.57. The van der Waals surface area contributed by atoms with Crippen molar-refractivity contribution in [1.82, 2.24) is 4.98 Å². The predicted molar refractivity (Wildman–Crippen MR) is 99.1 cm³/mol. The van der Waals surface area contributed by atoms with Gasteiger partial charge in [-0.25, -0.2) is 0 Å². The van der Waals surface area contributed by atoms with Gasteiger partial charge < -0.3 is 0 Å². The van der Waals surface area contributed by atoms with E-state index in [9.17, 15) is 0 Å². The number of benzene rings is 2. The van der Waals surface area contributed by atoms with Gasteiger partial charge in [0, 0.05) is 17.0 Å². The van der Waals surface area contributed by atoms with Crippen molar-refractivity contribution in [2.24, 2.45) is 5.41 Å². The molecule has 1 aliphatic rings. The molecule has 0 amide bonds. The molecule has 23 heavy (non-hydrogen) atoms. The minimum absolute atomic E-state index is 0.119. The summed E-state index contributed by atoms with van der Waals surface area (Å²) in [4.78, 5) is 4.66. The van der Waals surface area contributed by atoms with E-state index in [-0.39, 0.29) is 16.2 Å². The van der Waals surface area contributed by atoms with Crippen molar-refractivity contribution < 1.29 is 0 Å². The molecule has 1 heterocycles. The largest absolute Gasteiger partial charge is 0.256 e. The van der Waals surface area contributed by atoms with Crippen LogP contribution >= 0.6 is 0 Å². The lowest BCUT2D eigenvalue weighted by atomic mass is 9.59. The van der Waals surface area contributed by atoms with Crippen molar-refractivity contribution in [2.45, 2.75) is 52.4 Å². The van der Waals surface area contributed by atoms with Gasteiger partial charge in [-0.2, -0.15) is 0 Å². The van der Waals surface area contributed by atoms with E-state index in [0.29, 0.717) is 0 Å². The molecule has 0 spiro atoms. The first-order valence-electron chi connectivity index (χ1n) is 8.51. The molecule has 4 rings (SSSR count). The first-order chi connectivity index (χ1) is 10.7. The Kier molecular flexibility index (Phi) is 2.64. The van der Waals surface area contributed by atoms with E-state index in [0.717, 1.165) is 5.52 Å². The third-order valence-corrected chi connectivity index (χ3v) is 7.19. The minimum Gasteiger partial charge on any atom is -0.256 e. The Morgan fingerprint density at radius 3 is 2.17 bits per heavy atom. The van der Waals surface area contributed by atoms with Gasteiger partial charge in [0.25, 0.3) is 0 Å². The first kappa shape index (κ1) is 14.7. The summed E-state index contributed by atoms with van der Waals surface area (Å²) < 4.78 is 0. The van der Waals surface area contributed by atoms with Gasteiger partial charge in [-0.15, -0.1) is 0 Å². The van der Waals surface area contributed by atoms with E-state index in [1.807, 2.05) is 12.3 Å². The number of hydrogen-bond donors (Lipinski definition) is 0. The maximum absolute atomic E-state index is 4.66. The van der Waals surface area contributed by atoms with Crippen LogP contribution in [-0.4, -0.2) is 4.98 Å². The number of nitrogens with zero attached hydrogens (tertiary/aromatic N) is 1. The zero-order valence-electron chi connectivity index (χ0n) is 15.0. The molecule has 0 radical (unpaired) electrons. The molecule has 1 aromatic heterocycles. The molecule has 1 nitrogen and oxygen atoms in total. The highest BCUT2D eigenvalue weighted by Crippen LogP contribution is 2.62. The maximum Gasteiger partial charge on any atom is 0.0780 e. The van der Waals surface area contributed by atoms with Gasteiger partial charge in [-0.3, -0.25) is 4.98 Å². The van der Waals surface area contributed by atoms with Gasteiger partial charge in [0.2, 0.25) is 0 Å². The van der Waals surface area contributed by atoms with E-state index in [2.05, 4.69) is 76.9 Å². The Hall–Kier alpha value is -1.89. The average Bonchev–Trinajstić information content (AvgIpc) is 2.62. The summed E-state index contributed by atoms with van der Waals surface area (Å²) in [5.41, 5.74) is 4.58. The molecule has 0 saturated carbocycles. The minimum atomic E-state index is 0.119. The molecular weight excluding hydrogens is 278 g/mol. The second kappa shape index (κ2) is 4.14. The van der Waals surface area contributed by atoms with Crippen molar-refractivity contribution in [3.8, 4) is 0 Å². The highest BCUT2D eigenvalue weighted by molar-refractivity contribution is 6.07. The SMILES string of the molecule is CC1(C)c2ccc3c(ccc4cccnc43)c2C(C)(C)C1(C)C.